The van der Waals surface area contributed by atoms with E-state index in [1.54, 1.807) is 0 Å². The first kappa shape index (κ1) is 21.4. The number of fused-ring (bicyclic) bond motifs is 2. The number of rotatable bonds is 7. The smallest absolute Gasteiger partial charge is 0.121 e. The molecule has 1 aromatic carbocycles. The highest BCUT2D eigenvalue weighted by Gasteiger charge is 2.37. The summed E-state index contributed by atoms with van der Waals surface area (Å²) in [5.41, 5.74) is 5.09. The van der Waals surface area contributed by atoms with Gasteiger partial charge in [-0.3, -0.25) is 9.88 Å². The summed E-state index contributed by atoms with van der Waals surface area (Å²) < 4.78 is 0. The molecule has 2 N–H and O–H groups in total. The first-order valence-corrected chi connectivity index (χ1v) is 12.1. The largest absolute Gasteiger partial charge is 0.341 e. The average Bonchev–Trinajstić information content (AvgIpc) is 3.24. The van der Waals surface area contributed by atoms with Crippen molar-refractivity contribution in [3.05, 3.63) is 72.3 Å². The second-order valence-corrected chi connectivity index (χ2v) is 9.79. The number of imidazole rings is 1. The summed E-state index contributed by atoms with van der Waals surface area (Å²) in [4.78, 5) is 16.1. The number of nitrogens with zero attached hydrogens (tertiary/aromatic N) is 3. The van der Waals surface area contributed by atoms with Crippen molar-refractivity contribution in [3.63, 3.8) is 0 Å². The molecule has 0 amide bonds. The molecule has 32 heavy (non-hydrogen) atoms. The Morgan fingerprint density at radius 3 is 2.84 bits per heavy atom. The van der Waals surface area contributed by atoms with Crippen molar-refractivity contribution in [2.45, 2.75) is 76.0 Å². The first-order chi connectivity index (χ1) is 15.6. The topological polar surface area (TPSA) is 56.8 Å². The molecule has 2 heterocycles. The van der Waals surface area contributed by atoms with Gasteiger partial charge in [0.1, 0.15) is 5.82 Å². The third-order valence-corrected chi connectivity index (χ3v) is 7.54. The van der Waals surface area contributed by atoms with Crippen LogP contribution in [0.2, 0.25) is 0 Å². The Labute approximate surface area is 191 Å². The summed E-state index contributed by atoms with van der Waals surface area (Å²) >= 11 is 0. The normalized spacial score (nSPS) is 25.7. The van der Waals surface area contributed by atoms with E-state index in [0.29, 0.717) is 12.1 Å². The Kier molecular flexibility index (Phi) is 6.11. The van der Waals surface area contributed by atoms with Gasteiger partial charge < -0.3 is 10.3 Å². The maximum Gasteiger partial charge on any atom is 0.121 e. The molecule has 5 nitrogen and oxygen atoms in total. The van der Waals surface area contributed by atoms with Gasteiger partial charge in [-0.15, -0.1) is 6.58 Å². The van der Waals surface area contributed by atoms with Gasteiger partial charge in [0.15, 0.2) is 0 Å². The van der Waals surface area contributed by atoms with Crippen LogP contribution in [0.4, 0.5) is 0 Å². The minimum atomic E-state index is 0.207. The van der Waals surface area contributed by atoms with Crippen LogP contribution in [0.1, 0.15) is 68.6 Å². The number of para-hydroxylation sites is 2. The number of aromatic nitrogens is 3. The predicted molar refractivity (Wildman–Crippen MR) is 130 cm³/mol. The van der Waals surface area contributed by atoms with Crippen LogP contribution in [-0.2, 0) is 13.0 Å². The highest BCUT2D eigenvalue weighted by molar-refractivity contribution is 5.74. The van der Waals surface area contributed by atoms with Crippen molar-refractivity contribution in [1.82, 2.24) is 25.2 Å². The zero-order valence-corrected chi connectivity index (χ0v) is 19.2. The van der Waals surface area contributed by atoms with Crippen LogP contribution in [0.15, 0.2) is 55.3 Å². The molecule has 0 saturated heterocycles. The number of aromatic amines is 1. The minimum Gasteiger partial charge on any atom is -0.341 e. The molecule has 3 aromatic rings. The van der Waals surface area contributed by atoms with Gasteiger partial charge in [0.2, 0.25) is 0 Å². The fraction of sp³-hybridized carbons (Fsp3) is 0.481. The van der Waals surface area contributed by atoms with Crippen molar-refractivity contribution < 1.29 is 0 Å². The van der Waals surface area contributed by atoms with Crippen LogP contribution in [0, 0.1) is 0 Å². The highest BCUT2D eigenvalue weighted by atomic mass is 15.2. The monoisotopic (exact) mass is 429 g/mol. The number of hydrogen-bond donors (Lipinski definition) is 2. The molecule has 2 aromatic heterocycles. The molecule has 5 rings (SSSR count). The molecule has 0 bridgehead atoms. The average molecular weight is 430 g/mol. The molecule has 0 aliphatic heterocycles. The number of pyridine rings is 1. The summed E-state index contributed by atoms with van der Waals surface area (Å²) in [5, 5.41) is 3.70. The Hall–Kier alpha value is -2.50. The van der Waals surface area contributed by atoms with Crippen molar-refractivity contribution in [2.75, 3.05) is 6.54 Å². The predicted octanol–water partition coefficient (Wildman–Crippen LogP) is 5.31. The van der Waals surface area contributed by atoms with E-state index in [0.717, 1.165) is 36.4 Å². The zero-order valence-electron chi connectivity index (χ0n) is 19.2. The number of hydrogen-bond acceptors (Lipinski definition) is 4. The molecular weight excluding hydrogens is 394 g/mol. The Morgan fingerprint density at radius 1 is 1.19 bits per heavy atom. The van der Waals surface area contributed by atoms with E-state index in [9.17, 15) is 0 Å². The maximum atomic E-state index is 4.93. The van der Waals surface area contributed by atoms with E-state index < -0.39 is 0 Å². The number of H-pyrrole nitrogens is 1. The van der Waals surface area contributed by atoms with E-state index in [2.05, 4.69) is 65.1 Å². The van der Waals surface area contributed by atoms with E-state index in [-0.39, 0.29) is 5.54 Å². The number of benzene rings is 1. The van der Waals surface area contributed by atoms with Crippen molar-refractivity contribution in [1.29, 1.82) is 0 Å². The van der Waals surface area contributed by atoms with E-state index in [4.69, 9.17) is 9.97 Å². The van der Waals surface area contributed by atoms with Crippen LogP contribution in [0.3, 0.4) is 0 Å². The quantitative estimate of drug-likeness (QED) is 0.500. The molecule has 2 aliphatic rings. The van der Waals surface area contributed by atoms with Gasteiger partial charge in [0.25, 0.3) is 0 Å². The van der Waals surface area contributed by atoms with E-state index >= 15 is 0 Å². The van der Waals surface area contributed by atoms with Crippen LogP contribution in [0.5, 0.6) is 0 Å². The molecule has 0 radical (unpaired) electrons. The molecule has 1 saturated carbocycles. The standard InChI is InChI=1S/C27H35N5/c1-3-17-29-27(2)15-13-21(14-16-27)32(19-25-30-22-10-4-5-11-23(22)31-25)24-12-6-8-20-9-7-18-28-26(20)24/h3-5,7,9-11,18,21,24,29H,1,6,8,12-17,19H2,2H3,(H,30,31). The highest BCUT2D eigenvalue weighted by Crippen LogP contribution is 2.39. The molecule has 0 spiro atoms. The lowest BCUT2D eigenvalue weighted by molar-refractivity contribution is 0.0596. The Bertz CT molecular complexity index is 1030. The van der Waals surface area contributed by atoms with Gasteiger partial charge in [-0.2, -0.15) is 0 Å². The van der Waals surface area contributed by atoms with Crippen LogP contribution < -0.4 is 5.32 Å². The molecule has 1 fully saturated rings. The molecule has 5 heteroatoms. The molecule has 1 unspecified atom stereocenters. The fourth-order valence-electron chi connectivity index (χ4n) is 5.72. The van der Waals surface area contributed by atoms with Gasteiger partial charge in [0.05, 0.1) is 29.3 Å². The molecule has 2 aliphatic carbocycles. The van der Waals surface area contributed by atoms with Crippen LogP contribution in [-0.4, -0.2) is 38.0 Å². The Morgan fingerprint density at radius 2 is 2.03 bits per heavy atom. The van der Waals surface area contributed by atoms with Crippen LogP contribution >= 0.6 is 0 Å². The second kappa shape index (κ2) is 9.16. The van der Waals surface area contributed by atoms with Crippen molar-refractivity contribution >= 4 is 11.0 Å². The van der Waals surface area contributed by atoms with Crippen molar-refractivity contribution in [2.24, 2.45) is 0 Å². The number of aryl methyl sites for hydroxylation is 1. The molecule has 1 atom stereocenters. The van der Waals surface area contributed by atoms with E-state index in [1.165, 1.54) is 49.8 Å². The summed E-state index contributed by atoms with van der Waals surface area (Å²) in [6.45, 7) is 7.97. The molecule has 168 valence electrons. The third kappa shape index (κ3) is 4.37. The number of nitrogens with one attached hydrogen (secondary N) is 2. The summed E-state index contributed by atoms with van der Waals surface area (Å²) in [7, 11) is 0. The fourth-order valence-corrected chi connectivity index (χ4v) is 5.72. The zero-order chi connectivity index (χ0) is 22.0. The molecular formula is C27H35N5. The second-order valence-electron chi connectivity index (χ2n) is 9.79. The lowest BCUT2D eigenvalue weighted by atomic mass is 9.79. The summed E-state index contributed by atoms with van der Waals surface area (Å²) in [5.74, 6) is 1.06. The van der Waals surface area contributed by atoms with Crippen LogP contribution in [0.25, 0.3) is 11.0 Å². The Balaban J connectivity index is 1.42. The van der Waals surface area contributed by atoms with E-state index in [1.807, 2.05) is 12.3 Å². The van der Waals surface area contributed by atoms with Gasteiger partial charge in [-0.05, 0) is 75.6 Å². The van der Waals surface area contributed by atoms with Crippen molar-refractivity contribution in [3.8, 4) is 0 Å². The minimum absolute atomic E-state index is 0.207. The van der Waals surface area contributed by atoms with Gasteiger partial charge in [0, 0.05) is 24.3 Å². The third-order valence-electron chi connectivity index (χ3n) is 7.54. The van der Waals surface area contributed by atoms with Gasteiger partial charge in [-0.25, -0.2) is 4.98 Å². The summed E-state index contributed by atoms with van der Waals surface area (Å²) in [6, 6.07) is 13.6. The summed E-state index contributed by atoms with van der Waals surface area (Å²) in [6.07, 6.45) is 12.2. The lowest BCUT2D eigenvalue weighted by Gasteiger charge is -2.45. The lowest BCUT2D eigenvalue weighted by Crippen LogP contribution is -2.50. The first-order valence-electron chi connectivity index (χ1n) is 12.1. The SMILES string of the molecule is C=CCNC1(C)CCC(N(Cc2nc3ccccc3[nH]2)C2CCCc3cccnc32)CC1. The van der Waals surface area contributed by atoms with Gasteiger partial charge in [-0.1, -0.05) is 24.3 Å². The van der Waals surface area contributed by atoms with Gasteiger partial charge >= 0.3 is 0 Å². The maximum absolute atomic E-state index is 4.93.